The van der Waals surface area contributed by atoms with Crippen molar-refractivity contribution in [3.05, 3.63) is 46.8 Å². The lowest BCUT2D eigenvalue weighted by molar-refractivity contribution is -0.137. The van der Waals surface area contributed by atoms with Gasteiger partial charge in [-0.25, -0.2) is 4.98 Å². The van der Waals surface area contributed by atoms with Gasteiger partial charge in [-0.15, -0.1) is 0 Å². The van der Waals surface area contributed by atoms with E-state index >= 15 is 0 Å². The summed E-state index contributed by atoms with van der Waals surface area (Å²) in [6.45, 7) is 0. The number of halogens is 4. The van der Waals surface area contributed by atoms with Crippen LogP contribution in [-0.2, 0) is 6.18 Å². The summed E-state index contributed by atoms with van der Waals surface area (Å²) >= 11 is 4.58. The van der Waals surface area contributed by atoms with Crippen molar-refractivity contribution < 1.29 is 13.2 Å². The molecular formula is C11H6BrF3N2S. The van der Waals surface area contributed by atoms with Gasteiger partial charge in [-0.05, 0) is 34.1 Å². The normalized spacial score (nSPS) is 11.6. The van der Waals surface area contributed by atoms with Crippen LogP contribution >= 0.6 is 27.7 Å². The van der Waals surface area contributed by atoms with Crippen molar-refractivity contribution in [2.45, 2.75) is 16.1 Å². The molecular weight excluding hydrogens is 329 g/mol. The number of pyridine rings is 2. The highest BCUT2D eigenvalue weighted by molar-refractivity contribution is 9.10. The molecule has 0 N–H and O–H groups in total. The molecule has 18 heavy (non-hydrogen) atoms. The van der Waals surface area contributed by atoms with E-state index in [2.05, 4.69) is 25.9 Å². The molecule has 0 aliphatic heterocycles. The van der Waals surface area contributed by atoms with Gasteiger partial charge in [0.1, 0.15) is 5.03 Å². The van der Waals surface area contributed by atoms with Gasteiger partial charge in [0.2, 0.25) is 0 Å². The van der Waals surface area contributed by atoms with Gasteiger partial charge in [-0.1, -0.05) is 11.8 Å². The lowest BCUT2D eigenvalue weighted by Crippen LogP contribution is -2.04. The molecule has 0 saturated heterocycles. The number of hydrogen-bond acceptors (Lipinski definition) is 3. The van der Waals surface area contributed by atoms with Crippen LogP contribution in [0.5, 0.6) is 0 Å². The van der Waals surface area contributed by atoms with Crippen LogP contribution in [0.25, 0.3) is 0 Å². The molecule has 0 fully saturated rings. The van der Waals surface area contributed by atoms with Gasteiger partial charge in [0.15, 0.2) is 0 Å². The molecule has 0 amide bonds. The molecule has 2 aromatic heterocycles. The molecule has 0 bridgehead atoms. The number of alkyl halides is 3. The average molecular weight is 335 g/mol. The van der Waals surface area contributed by atoms with Gasteiger partial charge < -0.3 is 0 Å². The number of aromatic nitrogens is 2. The second-order valence-corrected chi connectivity index (χ2v) is 5.21. The number of rotatable bonds is 2. The van der Waals surface area contributed by atoms with E-state index in [1.807, 2.05) is 0 Å². The van der Waals surface area contributed by atoms with Gasteiger partial charge >= 0.3 is 6.18 Å². The quantitative estimate of drug-likeness (QED) is 0.813. The fourth-order valence-electron chi connectivity index (χ4n) is 1.17. The maximum absolute atomic E-state index is 12.3. The van der Waals surface area contributed by atoms with E-state index in [1.54, 1.807) is 18.5 Å². The van der Waals surface area contributed by atoms with Crippen LogP contribution in [0.3, 0.4) is 0 Å². The Morgan fingerprint density at radius 3 is 2.44 bits per heavy atom. The maximum atomic E-state index is 12.3. The zero-order valence-corrected chi connectivity index (χ0v) is 11.2. The fraction of sp³-hybridized carbons (Fsp3) is 0.0909. The van der Waals surface area contributed by atoms with E-state index in [-0.39, 0.29) is 0 Å². The van der Waals surface area contributed by atoms with Crippen molar-refractivity contribution in [1.82, 2.24) is 9.97 Å². The van der Waals surface area contributed by atoms with E-state index < -0.39 is 11.7 Å². The third-order valence-corrected chi connectivity index (χ3v) is 3.93. The van der Waals surface area contributed by atoms with Crippen LogP contribution in [0.1, 0.15) is 5.56 Å². The van der Waals surface area contributed by atoms with Crippen LogP contribution in [0.4, 0.5) is 13.2 Å². The summed E-state index contributed by atoms with van der Waals surface area (Å²) in [6, 6.07) is 4.12. The third kappa shape index (κ3) is 3.23. The topological polar surface area (TPSA) is 25.8 Å². The molecule has 0 aliphatic carbocycles. The highest BCUT2D eigenvalue weighted by Gasteiger charge is 2.30. The smallest absolute Gasteiger partial charge is 0.263 e. The van der Waals surface area contributed by atoms with E-state index in [1.165, 1.54) is 17.8 Å². The largest absolute Gasteiger partial charge is 0.417 e. The van der Waals surface area contributed by atoms with Crippen LogP contribution in [0, 0.1) is 0 Å². The first-order chi connectivity index (χ1) is 8.47. The fourth-order valence-corrected chi connectivity index (χ4v) is 2.41. The van der Waals surface area contributed by atoms with Crippen molar-refractivity contribution in [2.24, 2.45) is 0 Å². The number of nitrogens with zero attached hydrogens (tertiary/aromatic N) is 2. The predicted molar refractivity (Wildman–Crippen MR) is 65.3 cm³/mol. The predicted octanol–water partition coefficient (Wildman–Crippen LogP) is 4.41. The van der Waals surface area contributed by atoms with E-state index in [0.29, 0.717) is 5.03 Å². The molecule has 2 aromatic rings. The first-order valence-corrected chi connectivity index (χ1v) is 6.38. The van der Waals surface area contributed by atoms with Crippen molar-refractivity contribution >= 4 is 27.7 Å². The molecule has 0 unspecified atom stereocenters. The Balaban J connectivity index is 2.19. The summed E-state index contributed by atoms with van der Waals surface area (Å²) in [5.41, 5.74) is -0.749. The van der Waals surface area contributed by atoms with Gasteiger partial charge in [-0.2, -0.15) is 13.2 Å². The Morgan fingerprint density at radius 2 is 1.89 bits per heavy atom. The van der Waals surface area contributed by atoms with Crippen LogP contribution in [0.15, 0.2) is 51.2 Å². The Hall–Kier alpha value is -1.08. The summed E-state index contributed by atoms with van der Waals surface area (Å²) in [5, 5.41) is 0.495. The van der Waals surface area contributed by atoms with Crippen LogP contribution in [0.2, 0.25) is 0 Å². The van der Waals surface area contributed by atoms with Gasteiger partial charge in [-0.3, -0.25) is 4.98 Å². The third-order valence-electron chi connectivity index (χ3n) is 2.01. The monoisotopic (exact) mass is 334 g/mol. The minimum absolute atomic E-state index is 0.495. The molecule has 2 nitrogen and oxygen atoms in total. The van der Waals surface area contributed by atoms with E-state index in [4.69, 9.17) is 0 Å². The molecule has 0 atom stereocenters. The highest BCUT2D eigenvalue weighted by Crippen LogP contribution is 2.33. The SMILES string of the molecule is FC(F)(F)c1ccc(Sc2ccncc2Br)nc1. The lowest BCUT2D eigenvalue weighted by atomic mass is 10.3. The minimum atomic E-state index is -4.35. The summed E-state index contributed by atoms with van der Waals surface area (Å²) in [5.74, 6) is 0. The summed E-state index contributed by atoms with van der Waals surface area (Å²) in [7, 11) is 0. The molecule has 2 heterocycles. The Kier molecular flexibility index (Phi) is 3.91. The molecule has 0 spiro atoms. The van der Waals surface area contributed by atoms with E-state index in [0.717, 1.165) is 21.6 Å². The molecule has 94 valence electrons. The zero-order valence-electron chi connectivity index (χ0n) is 8.78. The lowest BCUT2D eigenvalue weighted by Gasteiger charge is -2.07. The standard InChI is InChI=1S/C11H6BrF3N2S/c12-8-6-16-4-3-9(8)18-10-2-1-7(5-17-10)11(13,14)15/h1-6H. The maximum Gasteiger partial charge on any atom is 0.417 e. The number of hydrogen-bond donors (Lipinski definition) is 0. The Morgan fingerprint density at radius 1 is 1.11 bits per heavy atom. The first kappa shape index (κ1) is 13.4. The first-order valence-electron chi connectivity index (χ1n) is 4.77. The van der Waals surface area contributed by atoms with Gasteiger partial charge in [0, 0.05) is 28.0 Å². The van der Waals surface area contributed by atoms with E-state index in [9.17, 15) is 13.2 Å². The average Bonchev–Trinajstić information content (AvgIpc) is 2.32. The minimum Gasteiger partial charge on any atom is -0.263 e. The second kappa shape index (κ2) is 5.27. The van der Waals surface area contributed by atoms with Crippen molar-refractivity contribution in [2.75, 3.05) is 0 Å². The van der Waals surface area contributed by atoms with Crippen LogP contribution < -0.4 is 0 Å². The van der Waals surface area contributed by atoms with Gasteiger partial charge in [0.25, 0.3) is 0 Å². The summed E-state index contributed by atoms with van der Waals surface area (Å²) < 4.78 is 37.8. The molecule has 0 radical (unpaired) electrons. The zero-order chi connectivity index (χ0) is 13.2. The van der Waals surface area contributed by atoms with Crippen molar-refractivity contribution in [1.29, 1.82) is 0 Å². The highest BCUT2D eigenvalue weighted by atomic mass is 79.9. The Labute approximate surface area is 114 Å². The van der Waals surface area contributed by atoms with Crippen molar-refractivity contribution in [3.63, 3.8) is 0 Å². The second-order valence-electron chi connectivity index (χ2n) is 3.29. The van der Waals surface area contributed by atoms with Crippen molar-refractivity contribution in [3.8, 4) is 0 Å². The van der Waals surface area contributed by atoms with Gasteiger partial charge in [0.05, 0.1) is 5.56 Å². The molecule has 0 aromatic carbocycles. The Bertz CT molecular complexity index is 543. The summed E-state index contributed by atoms with van der Waals surface area (Å²) in [4.78, 5) is 8.53. The van der Waals surface area contributed by atoms with Crippen LogP contribution in [-0.4, -0.2) is 9.97 Å². The summed E-state index contributed by atoms with van der Waals surface area (Å²) in [6.07, 6.45) is -0.297. The molecule has 7 heteroatoms. The molecule has 2 rings (SSSR count). The molecule has 0 saturated carbocycles. The molecule has 0 aliphatic rings.